The lowest BCUT2D eigenvalue weighted by atomic mass is 9.78. The number of hydrogen-bond acceptors (Lipinski definition) is 3. The van der Waals surface area contributed by atoms with Gasteiger partial charge in [-0.05, 0) is 27.5 Å². The molecular weight excluding hydrogens is 264 g/mol. The standard InChI is InChI=1S/C18H30O3/c1-17(2,3)13-9-12(11-15(20-7)21-8)10-14(16(13)19)18(4,5)6/h9-10,15,19H,11H2,1-8H3. The fourth-order valence-electron chi connectivity index (χ4n) is 2.41. The third-order valence-corrected chi connectivity index (χ3v) is 3.71. The van der Waals surface area contributed by atoms with Crippen LogP contribution < -0.4 is 0 Å². The predicted molar refractivity (Wildman–Crippen MR) is 87.0 cm³/mol. The largest absolute Gasteiger partial charge is 0.507 e. The first-order valence-corrected chi connectivity index (χ1v) is 7.43. The van der Waals surface area contributed by atoms with Crippen molar-refractivity contribution < 1.29 is 14.6 Å². The molecule has 3 nitrogen and oxygen atoms in total. The van der Waals surface area contributed by atoms with E-state index < -0.39 is 0 Å². The molecule has 0 aromatic heterocycles. The van der Waals surface area contributed by atoms with Crippen LogP contribution in [0.3, 0.4) is 0 Å². The number of rotatable bonds is 4. The summed E-state index contributed by atoms with van der Waals surface area (Å²) in [7, 11) is 3.29. The average Bonchev–Trinajstić information content (AvgIpc) is 2.34. The van der Waals surface area contributed by atoms with Crippen molar-refractivity contribution >= 4 is 0 Å². The van der Waals surface area contributed by atoms with Crippen LogP contribution in [-0.2, 0) is 26.7 Å². The van der Waals surface area contributed by atoms with E-state index in [1.165, 1.54) is 0 Å². The first-order chi connectivity index (χ1) is 9.50. The van der Waals surface area contributed by atoms with E-state index in [1.807, 2.05) is 0 Å². The Hall–Kier alpha value is -1.06. The molecule has 0 radical (unpaired) electrons. The second-order valence-corrected chi connectivity index (χ2v) is 7.64. The van der Waals surface area contributed by atoms with Gasteiger partial charge in [0.15, 0.2) is 6.29 Å². The van der Waals surface area contributed by atoms with Gasteiger partial charge in [-0.2, -0.15) is 0 Å². The second kappa shape index (κ2) is 6.37. The van der Waals surface area contributed by atoms with E-state index in [0.717, 1.165) is 16.7 Å². The zero-order valence-electron chi connectivity index (χ0n) is 14.7. The van der Waals surface area contributed by atoms with Gasteiger partial charge in [-0.15, -0.1) is 0 Å². The number of benzene rings is 1. The fraction of sp³-hybridized carbons (Fsp3) is 0.667. The molecule has 0 atom stereocenters. The zero-order chi connectivity index (χ0) is 16.4. The van der Waals surface area contributed by atoms with Gasteiger partial charge in [-0.25, -0.2) is 0 Å². The number of phenolic OH excluding ortho intramolecular Hbond substituents is 1. The van der Waals surface area contributed by atoms with Crippen LogP contribution in [0.5, 0.6) is 5.75 Å². The summed E-state index contributed by atoms with van der Waals surface area (Å²) in [5, 5.41) is 10.7. The van der Waals surface area contributed by atoms with Gasteiger partial charge >= 0.3 is 0 Å². The van der Waals surface area contributed by atoms with Crippen molar-refractivity contribution in [1.82, 2.24) is 0 Å². The smallest absolute Gasteiger partial charge is 0.160 e. The van der Waals surface area contributed by atoms with Crippen LogP contribution in [0.1, 0.15) is 58.2 Å². The third-order valence-electron chi connectivity index (χ3n) is 3.71. The molecule has 0 aliphatic heterocycles. The SMILES string of the molecule is COC(Cc1cc(C(C)(C)C)c(O)c(C(C)(C)C)c1)OC. The van der Waals surface area contributed by atoms with E-state index in [2.05, 4.69) is 53.7 Å². The van der Waals surface area contributed by atoms with Crippen LogP contribution in [0.2, 0.25) is 0 Å². The molecule has 120 valence electrons. The lowest BCUT2D eigenvalue weighted by molar-refractivity contribution is -0.100. The lowest BCUT2D eigenvalue weighted by Gasteiger charge is -2.28. The number of aromatic hydroxyl groups is 1. The summed E-state index contributed by atoms with van der Waals surface area (Å²) in [4.78, 5) is 0. The molecule has 0 saturated carbocycles. The maximum Gasteiger partial charge on any atom is 0.160 e. The number of phenols is 1. The molecule has 0 spiro atoms. The molecule has 0 unspecified atom stereocenters. The molecule has 0 bridgehead atoms. The highest BCUT2D eigenvalue weighted by atomic mass is 16.7. The average molecular weight is 294 g/mol. The Morgan fingerprint density at radius 1 is 0.905 bits per heavy atom. The van der Waals surface area contributed by atoms with Gasteiger partial charge in [0.25, 0.3) is 0 Å². The van der Waals surface area contributed by atoms with Crippen molar-refractivity contribution in [1.29, 1.82) is 0 Å². The summed E-state index contributed by atoms with van der Waals surface area (Å²) in [5.41, 5.74) is 2.83. The Balaban J connectivity index is 3.40. The Bertz CT molecular complexity index is 439. The highest BCUT2D eigenvalue weighted by Crippen LogP contribution is 2.40. The highest BCUT2D eigenvalue weighted by Gasteiger charge is 2.26. The lowest BCUT2D eigenvalue weighted by Crippen LogP contribution is -2.20. The van der Waals surface area contributed by atoms with Crippen molar-refractivity contribution in [3.63, 3.8) is 0 Å². The molecule has 1 aromatic rings. The molecule has 1 rings (SSSR count). The van der Waals surface area contributed by atoms with E-state index in [4.69, 9.17) is 9.47 Å². The Labute approximate surface area is 129 Å². The maximum absolute atomic E-state index is 10.7. The molecule has 0 aliphatic carbocycles. The molecule has 0 amide bonds. The van der Waals surface area contributed by atoms with Crippen LogP contribution in [-0.4, -0.2) is 25.6 Å². The molecule has 0 heterocycles. The fourth-order valence-corrected chi connectivity index (χ4v) is 2.41. The Morgan fingerprint density at radius 3 is 1.57 bits per heavy atom. The van der Waals surface area contributed by atoms with Gasteiger partial charge in [-0.1, -0.05) is 53.7 Å². The van der Waals surface area contributed by atoms with Crippen molar-refractivity contribution in [3.8, 4) is 5.75 Å². The quantitative estimate of drug-likeness (QED) is 0.848. The van der Waals surface area contributed by atoms with Gasteiger partial charge in [0, 0.05) is 20.6 Å². The van der Waals surface area contributed by atoms with Crippen molar-refractivity contribution in [2.75, 3.05) is 14.2 Å². The minimum Gasteiger partial charge on any atom is -0.507 e. The van der Waals surface area contributed by atoms with Crippen molar-refractivity contribution in [2.24, 2.45) is 0 Å². The van der Waals surface area contributed by atoms with E-state index in [9.17, 15) is 5.11 Å². The third kappa shape index (κ3) is 4.45. The van der Waals surface area contributed by atoms with E-state index in [0.29, 0.717) is 12.2 Å². The summed E-state index contributed by atoms with van der Waals surface area (Å²) in [6, 6.07) is 4.13. The maximum atomic E-state index is 10.7. The van der Waals surface area contributed by atoms with E-state index in [1.54, 1.807) is 14.2 Å². The molecule has 3 heteroatoms. The summed E-state index contributed by atoms with van der Waals surface area (Å²) in [5.74, 6) is 0.408. The molecular formula is C18H30O3. The molecule has 1 N–H and O–H groups in total. The number of hydrogen-bond donors (Lipinski definition) is 1. The summed E-state index contributed by atoms with van der Waals surface area (Å²) in [6.45, 7) is 12.7. The van der Waals surface area contributed by atoms with Crippen LogP contribution in [0.4, 0.5) is 0 Å². The minimum atomic E-state index is -0.268. The zero-order valence-corrected chi connectivity index (χ0v) is 14.7. The second-order valence-electron chi connectivity index (χ2n) is 7.64. The van der Waals surface area contributed by atoms with Crippen LogP contribution in [0, 0.1) is 0 Å². The van der Waals surface area contributed by atoms with Crippen LogP contribution >= 0.6 is 0 Å². The first kappa shape index (κ1) is 18.0. The van der Waals surface area contributed by atoms with Gasteiger partial charge in [0.05, 0.1) is 0 Å². The minimum absolute atomic E-state index is 0.115. The Kier molecular flexibility index (Phi) is 5.46. The van der Waals surface area contributed by atoms with Crippen LogP contribution in [0.25, 0.3) is 0 Å². The molecule has 0 aliphatic rings. The Morgan fingerprint density at radius 2 is 1.29 bits per heavy atom. The first-order valence-electron chi connectivity index (χ1n) is 7.43. The molecule has 0 fully saturated rings. The summed E-state index contributed by atoms with van der Waals surface area (Å²) < 4.78 is 10.6. The van der Waals surface area contributed by atoms with E-state index >= 15 is 0 Å². The van der Waals surface area contributed by atoms with Gasteiger partial charge in [0.2, 0.25) is 0 Å². The van der Waals surface area contributed by atoms with Gasteiger partial charge < -0.3 is 14.6 Å². The van der Waals surface area contributed by atoms with Crippen molar-refractivity contribution in [3.05, 3.63) is 28.8 Å². The van der Waals surface area contributed by atoms with Gasteiger partial charge in [-0.3, -0.25) is 0 Å². The summed E-state index contributed by atoms with van der Waals surface area (Å²) >= 11 is 0. The normalized spacial score (nSPS) is 13.0. The molecule has 21 heavy (non-hydrogen) atoms. The topological polar surface area (TPSA) is 38.7 Å². The molecule has 0 saturated heterocycles. The van der Waals surface area contributed by atoms with E-state index in [-0.39, 0.29) is 17.1 Å². The monoisotopic (exact) mass is 294 g/mol. The van der Waals surface area contributed by atoms with Gasteiger partial charge in [0.1, 0.15) is 5.75 Å². The number of ether oxygens (including phenoxy) is 2. The predicted octanol–water partition coefficient (Wildman–Crippen LogP) is 4.15. The molecule has 1 aromatic carbocycles. The number of methoxy groups -OCH3 is 2. The highest BCUT2D eigenvalue weighted by molar-refractivity contribution is 5.50. The summed E-state index contributed by atoms with van der Waals surface area (Å²) in [6.07, 6.45) is 0.398. The van der Waals surface area contributed by atoms with Crippen LogP contribution in [0.15, 0.2) is 12.1 Å². The van der Waals surface area contributed by atoms with Crippen molar-refractivity contribution in [2.45, 2.75) is 65.1 Å².